The third kappa shape index (κ3) is 3.59. The van der Waals surface area contributed by atoms with Crippen molar-refractivity contribution in [2.24, 2.45) is 0 Å². The summed E-state index contributed by atoms with van der Waals surface area (Å²) in [7, 11) is 0. The average molecular weight is 331 g/mol. The van der Waals surface area contributed by atoms with Gasteiger partial charge in [0.1, 0.15) is 5.75 Å². The van der Waals surface area contributed by atoms with Crippen molar-refractivity contribution in [2.45, 2.75) is 12.3 Å². The highest BCUT2D eigenvalue weighted by Crippen LogP contribution is 2.29. The van der Waals surface area contributed by atoms with Crippen LogP contribution in [-0.2, 0) is 0 Å². The predicted octanol–water partition coefficient (Wildman–Crippen LogP) is 3.43. The minimum atomic E-state index is -4.26. The van der Waals surface area contributed by atoms with Gasteiger partial charge in [0.2, 0.25) is 0 Å². The lowest BCUT2D eigenvalue weighted by atomic mass is 10.2. The van der Waals surface area contributed by atoms with E-state index in [2.05, 4.69) is 20.7 Å². The highest BCUT2D eigenvalue weighted by atomic mass is 79.9. The van der Waals surface area contributed by atoms with Gasteiger partial charge in [-0.1, -0.05) is 0 Å². The highest BCUT2D eigenvalue weighted by molar-refractivity contribution is 9.10. The van der Waals surface area contributed by atoms with Gasteiger partial charge in [-0.05, 0) is 34.1 Å². The highest BCUT2D eigenvalue weighted by Gasteiger charge is 2.41. The minimum absolute atomic E-state index is 0.0881. The van der Waals surface area contributed by atoms with Gasteiger partial charge in [-0.3, -0.25) is 0 Å². The van der Waals surface area contributed by atoms with Gasteiger partial charge < -0.3 is 9.84 Å². The van der Waals surface area contributed by atoms with Crippen molar-refractivity contribution in [1.82, 2.24) is 0 Å². The molecule has 1 N–H and O–H groups in total. The second-order valence-electron chi connectivity index (χ2n) is 3.30. The van der Waals surface area contributed by atoms with Crippen LogP contribution in [0.4, 0.5) is 17.6 Å². The molecule has 0 amide bonds. The Bertz CT molecular complexity index is 451. The predicted molar refractivity (Wildman–Crippen MR) is 57.5 cm³/mol. The molecule has 1 rings (SSSR count). The number of carbonyl (C=O) groups is 1. The van der Waals surface area contributed by atoms with Gasteiger partial charge in [-0.2, -0.15) is 8.78 Å². The number of aromatic carboxylic acids is 1. The molecule has 18 heavy (non-hydrogen) atoms. The van der Waals surface area contributed by atoms with Crippen LogP contribution in [0, 0.1) is 0 Å². The van der Waals surface area contributed by atoms with Gasteiger partial charge in [-0.25, -0.2) is 13.6 Å². The van der Waals surface area contributed by atoms with Crippen molar-refractivity contribution >= 4 is 21.9 Å². The van der Waals surface area contributed by atoms with Crippen LogP contribution < -0.4 is 4.74 Å². The first kappa shape index (κ1) is 14.7. The molecular formula is C10H7BrF4O3. The van der Waals surface area contributed by atoms with Crippen LogP contribution in [0.2, 0.25) is 0 Å². The standard InChI is InChI=1S/C10H7BrF4O3/c11-6-3-5(8(16)17)1-2-7(6)18-4-10(14,15)9(12)13/h1-3,9H,4H2,(H,16,17). The van der Waals surface area contributed by atoms with Crippen LogP contribution in [0.25, 0.3) is 0 Å². The molecule has 0 radical (unpaired) electrons. The first-order valence-electron chi connectivity index (χ1n) is 4.55. The summed E-state index contributed by atoms with van der Waals surface area (Å²) in [5.41, 5.74) is -0.0881. The first-order valence-corrected chi connectivity index (χ1v) is 5.35. The Morgan fingerprint density at radius 3 is 2.50 bits per heavy atom. The van der Waals surface area contributed by atoms with Crippen molar-refractivity contribution in [3.63, 3.8) is 0 Å². The van der Waals surface area contributed by atoms with Gasteiger partial charge in [0.05, 0.1) is 10.0 Å². The van der Waals surface area contributed by atoms with Gasteiger partial charge in [0, 0.05) is 0 Å². The molecule has 8 heteroatoms. The van der Waals surface area contributed by atoms with Crippen LogP contribution >= 0.6 is 15.9 Å². The summed E-state index contributed by atoms with van der Waals surface area (Å²) >= 11 is 2.90. The number of alkyl halides is 4. The van der Waals surface area contributed by atoms with Gasteiger partial charge >= 0.3 is 18.3 Å². The van der Waals surface area contributed by atoms with E-state index in [0.717, 1.165) is 18.2 Å². The van der Waals surface area contributed by atoms with Crippen molar-refractivity contribution in [2.75, 3.05) is 6.61 Å². The number of carboxylic acid groups (broad SMARTS) is 1. The van der Waals surface area contributed by atoms with Gasteiger partial charge in [0.15, 0.2) is 6.61 Å². The molecule has 0 spiro atoms. The first-order chi connectivity index (χ1) is 8.24. The third-order valence-electron chi connectivity index (χ3n) is 1.92. The summed E-state index contributed by atoms with van der Waals surface area (Å²) in [5.74, 6) is -5.61. The fraction of sp³-hybridized carbons (Fsp3) is 0.300. The summed E-state index contributed by atoms with van der Waals surface area (Å²) in [5, 5.41) is 8.65. The molecule has 0 aliphatic carbocycles. The van der Waals surface area contributed by atoms with E-state index in [1.165, 1.54) is 0 Å². The summed E-state index contributed by atoms with van der Waals surface area (Å²) in [4.78, 5) is 10.6. The number of ether oxygens (including phenoxy) is 1. The molecule has 0 bridgehead atoms. The van der Waals surface area contributed by atoms with Gasteiger partial charge in [0.25, 0.3) is 0 Å². The zero-order valence-corrected chi connectivity index (χ0v) is 10.3. The maximum absolute atomic E-state index is 12.6. The van der Waals surface area contributed by atoms with Crippen molar-refractivity contribution in [3.8, 4) is 5.75 Å². The molecule has 0 aromatic heterocycles. The lowest BCUT2D eigenvalue weighted by Crippen LogP contribution is -2.33. The monoisotopic (exact) mass is 330 g/mol. The summed E-state index contributed by atoms with van der Waals surface area (Å²) in [6.07, 6.45) is -3.82. The van der Waals surface area contributed by atoms with E-state index in [1.54, 1.807) is 0 Å². The molecule has 0 unspecified atom stereocenters. The van der Waals surface area contributed by atoms with E-state index in [1.807, 2.05) is 0 Å². The molecular weight excluding hydrogens is 324 g/mol. The maximum atomic E-state index is 12.6. The Labute approximate surface area is 107 Å². The third-order valence-corrected chi connectivity index (χ3v) is 2.54. The topological polar surface area (TPSA) is 46.5 Å². The summed E-state index contributed by atoms with van der Waals surface area (Å²) < 4.78 is 53.5. The Morgan fingerprint density at radius 1 is 1.44 bits per heavy atom. The molecule has 0 heterocycles. The largest absolute Gasteiger partial charge is 0.486 e. The number of hydrogen-bond donors (Lipinski definition) is 1. The Balaban J connectivity index is 2.78. The molecule has 0 saturated carbocycles. The molecule has 1 aromatic carbocycles. The fourth-order valence-corrected chi connectivity index (χ4v) is 1.48. The summed E-state index contributed by atoms with van der Waals surface area (Å²) in [6, 6.07) is 3.34. The molecule has 3 nitrogen and oxygen atoms in total. The van der Waals surface area contributed by atoms with Gasteiger partial charge in [-0.15, -0.1) is 0 Å². The number of benzene rings is 1. The zero-order valence-electron chi connectivity index (χ0n) is 8.67. The van der Waals surface area contributed by atoms with Crippen LogP contribution in [0.15, 0.2) is 22.7 Å². The quantitative estimate of drug-likeness (QED) is 0.841. The second-order valence-corrected chi connectivity index (χ2v) is 4.16. The van der Waals surface area contributed by atoms with Crippen LogP contribution in [0.1, 0.15) is 10.4 Å². The Kier molecular flexibility index (Phi) is 4.55. The smallest absolute Gasteiger partial charge is 0.340 e. The SMILES string of the molecule is O=C(O)c1ccc(OCC(F)(F)C(F)F)c(Br)c1. The molecule has 0 saturated heterocycles. The van der Waals surface area contributed by atoms with Crippen LogP contribution in [0.3, 0.4) is 0 Å². The van der Waals surface area contributed by atoms with Crippen molar-refractivity contribution in [3.05, 3.63) is 28.2 Å². The average Bonchev–Trinajstić information content (AvgIpc) is 2.26. The van der Waals surface area contributed by atoms with E-state index >= 15 is 0 Å². The van der Waals surface area contributed by atoms with E-state index in [-0.39, 0.29) is 15.8 Å². The molecule has 0 aliphatic heterocycles. The number of carboxylic acids is 1. The maximum Gasteiger partial charge on any atom is 0.340 e. The minimum Gasteiger partial charge on any atom is -0.486 e. The van der Waals surface area contributed by atoms with E-state index in [0.29, 0.717) is 0 Å². The lowest BCUT2D eigenvalue weighted by molar-refractivity contribution is -0.148. The normalized spacial score (nSPS) is 11.7. The number of hydrogen-bond acceptors (Lipinski definition) is 2. The molecule has 0 aliphatic rings. The van der Waals surface area contributed by atoms with E-state index < -0.39 is 24.9 Å². The number of halogens is 5. The molecule has 0 fully saturated rings. The Hall–Kier alpha value is -1.31. The van der Waals surface area contributed by atoms with Crippen molar-refractivity contribution < 1.29 is 32.2 Å². The lowest BCUT2D eigenvalue weighted by Gasteiger charge is -2.16. The van der Waals surface area contributed by atoms with E-state index in [9.17, 15) is 22.4 Å². The van der Waals surface area contributed by atoms with Crippen molar-refractivity contribution in [1.29, 1.82) is 0 Å². The zero-order chi connectivity index (χ0) is 13.9. The molecule has 100 valence electrons. The Morgan fingerprint density at radius 2 is 2.06 bits per heavy atom. The molecule has 1 aromatic rings. The second kappa shape index (κ2) is 5.55. The van der Waals surface area contributed by atoms with E-state index in [4.69, 9.17) is 5.11 Å². The fourth-order valence-electron chi connectivity index (χ4n) is 0.988. The summed E-state index contributed by atoms with van der Waals surface area (Å²) in [6.45, 7) is -1.49. The van der Waals surface area contributed by atoms with Crippen LogP contribution in [0.5, 0.6) is 5.75 Å². The van der Waals surface area contributed by atoms with Crippen LogP contribution in [-0.4, -0.2) is 30.0 Å². The molecule has 0 atom stereocenters. The number of rotatable bonds is 5.